The Labute approximate surface area is 316 Å². The molecule has 0 N–H and O–H groups in total. The minimum absolute atomic E-state index is 0.634. The number of alkyl halides is 3. The van der Waals surface area contributed by atoms with Crippen molar-refractivity contribution in [1.29, 1.82) is 0 Å². The second kappa shape index (κ2) is 13.9. The highest BCUT2D eigenvalue weighted by atomic mass is 35.6. The fourth-order valence-corrected chi connectivity index (χ4v) is 10.9. The average Bonchev–Trinajstić information content (AvgIpc) is 3.14. The van der Waals surface area contributed by atoms with Gasteiger partial charge >= 0.3 is 0 Å². The molecule has 244 valence electrons. The molecule has 0 spiro atoms. The zero-order chi connectivity index (χ0) is 35.0. The quantitative estimate of drug-likeness (QED) is 0.0876. The van der Waals surface area contributed by atoms with Crippen LogP contribution in [0.1, 0.15) is 33.4 Å². The van der Waals surface area contributed by atoms with E-state index in [1.807, 2.05) is 127 Å². The summed E-state index contributed by atoms with van der Waals surface area (Å²) in [6.45, 7) is 0. The van der Waals surface area contributed by atoms with Gasteiger partial charge in [0, 0.05) is 16.7 Å². The first-order valence-corrected chi connectivity index (χ1v) is 19.8. The van der Waals surface area contributed by atoms with Gasteiger partial charge in [-0.2, -0.15) is 0 Å². The molecule has 3 aliphatic heterocycles. The second-order valence-electron chi connectivity index (χ2n) is 11.4. The Morgan fingerprint density at radius 1 is 0.412 bits per heavy atom. The lowest BCUT2D eigenvalue weighted by Crippen LogP contribution is -2.39. The molecule has 6 aromatic rings. The van der Waals surface area contributed by atoms with Gasteiger partial charge in [-0.15, -0.1) is 0 Å². The monoisotopic (exact) mass is 754 g/mol. The van der Waals surface area contributed by atoms with Gasteiger partial charge in [0.25, 0.3) is 0 Å². The second-order valence-corrected chi connectivity index (χ2v) is 17.6. The maximum atomic E-state index is 6.92. The van der Waals surface area contributed by atoms with Crippen LogP contribution in [0.3, 0.4) is 0 Å². The maximum absolute atomic E-state index is 6.92. The molecule has 9 rings (SSSR count). The third kappa shape index (κ3) is 6.27. The van der Waals surface area contributed by atoms with Gasteiger partial charge in [-0.05, 0) is 72.8 Å². The molecule has 0 bridgehead atoms. The molecule has 0 saturated carbocycles. The fourth-order valence-electron chi connectivity index (χ4n) is 6.05. The predicted molar refractivity (Wildman–Crippen MR) is 211 cm³/mol. The summed E-state index contributed by atoms with van der Waals surface area (Å²) in [5.74, 6) is 23.8. The van der Waals surface area contributed by atoms with Gasteiger partial charge < -0.3 is 14.2 Å². The molecule has 0 unspecified atom stereocenters. The van der Waals surface area contributed by atoms with E-state index in [2.05, 4.69) is 35.5 Å². The smallest absolute Gasteiger partial charge is 0.180 e. The van der Waals surface area contributed by atoms with Crippen molar-refractivity contribution in [1.82, 2.24) is 0 Å². The van der Waals surface area contributed by atoms with E-state index in [4.69, 9.17) is 60.8 Å². The molecule has 0 amide bonds. The van der Waals surface area contributed by atoms with Crippen LogP contribution in [0, 0.1) is 35.5 Å². The summed E-state index contributed by atoms with van der Waals surface area (Å²) >= 11 is 21.3. The van der Waals surface area contributed by atoms with E-state index >= 15 is 0 Å². The largest absolute Gasteiger partial charge is 0.454 e. The molecule has 0 aromatic heterocycles. The summed E-state index contributed by atoms with van der Waals surface area (Å²) < 4.78 is 19.4. The molecule has 3 aliphatic rings. The molecule has 0 saturated heterocycles. The fraction of sp³-hybridized carbons (Fsp3) is 0.0233. The highest BCUT2D eigenvalue weighted by Gasteiger charge is 2.50. The van der Waals surface area contributed by atoms with Crippen LogP contribution in [0.5, 0.6) is 34.5 Å². The molecule has 3 heterocycles. The van der Waals surface area contributed by atoms with E-state index in [1.54, 1.807) is 0 Å². The van der Waals surface area contributed by atoms with Gasteiger partial charge in [0.1, 0.15) is 17.2 Å². The van der Waals surface area contributed by atoms with Crippen molar-refractivity contribution < 1.29 is 14.2 Å². The van der Waals surface area contributed by atoms with Gasteiger partial charge in [0.05, 0.1) is 38.6 Å². The molecule has 0 radical (unpaired) electrons. The molecule has 3 nitrogen and oxygen atoms in total. The van der Waals surface area contributed by atoms with E-state index in [9.17, 15) is 0 Å². The summed E-state index contributed by atoms with van der Waals surface area (Å²) in [6, 6.07) is 38.6. The lowest BCUT2D eigenvalue weighted by atomic mass is 10.1. The van der Waals surface area contributed by atoms with E-state index in [1.165, 1.54) is 0 Å². The molecule has 0 atom stereocenters. The van der Waals surface area contributed by atoms with Gasteiger partial charge in [-0.25, -0.2) is 0 Å². The van der Waals surface area contributed by atoms with Crippen molar-refractivity contribution in [2.24, 2.45) is 0 Å². The summed E-state index contributed by atoms with van der Waals surface area (Å²) in [7, 11) is 0. The lowest BCUT2D eigenvalue weighted by Gasteiger charge is -2.42. The lowest BCUT2D eigenvalue weighted by molar-refractivity contribution is 0.444. The number of hydrogen-bond acceptors (Lipinski definition) is 4. The molecule has 0 fully saturated rings. The van der Waals surface area contributed by atoms with Crippen LogP contribution >= 0.6 is 40.8 Å². The Bertz CT molecular complexity index is 2310. The standard InChI is InChI=1S/C42H21O3PS.CHCl3/c47-46-40-34-25-22-31(19-16-28-10-4-1-5-11-28)37(40)43-35-26-23-32(20-17-29-12-6-2-7-13-29)38(41(35)46)45-36-27-24-33(39(44-34)42(36)46)21-18-30-14-8-3-9-15-30;2-1(3)4/h1-15,22-27H;1H. The number of benzene rings is 6. The van der Waals surface area contributed by atoms with Gasteiger partial charge in [-0.1, -0.05) is 137 Å². The van der Waals surface area contributed by atoms with Crippen molar-refractivity contribution >= 4 is 68.6 Å². The minimum Gasteiger partial charge on any atom is -0.454 e. The third-order valence-corrected chi connectivity index (χ3v) is 13.0. The highest BCUT2D eigenvalue weighted by Crippen LogP contribution is 2.65. The zero-order valence-corrected chi connectivity index (χ0v) is 30.4. The van der Waals surface area contributed by atoms with Crippen LogP contribution in [0.15, 0.2) is 127 Å². The van der Waals surface area contributed by atoms with Crippen molar-refractivity contribution in [3.63, 3.8) is 0 Å². The van der Waals surface area contributed by atoms with Crippen LogP contribution in [0.4, 0.5) is 0 Å². The number of ether oxygens (including phenoxy) is 3. The molecular weight excluding hydrogens is 734 g/mol. The maximum Gasteiger partial charge on any atom is 0.180 e. The summed E-state index contributed by atoms with van der Waals surface area (Å²) in [5, 5.41) is 2.54. The van der Waals surface area contributed by atoms with Gasteiger partial charge in [-0.3, -0.25) is 0 Å². The summed E-state index contributed by atoms with van der Waals surface area (Å²) in [5.41, 5.74) is 4.98. The minimum atomic E-state index is -2.80. The van der Waals surface area contributed by atoms with Crippen LogP contribution in [-0.2, 0) is 11.8 Å². The van der Waals surface area contributed by atoms with Crippen molar-refractivity contribution in [3.8, 4) is 70.0 Å². The van der Waals surface area contributed by atoms with Gasteiger partial charge in [0.15, 0.2) is 21.5 Å². The van der Waals surface area contributed by atoms with E-state index in [0.717, 1.165) is 49.3 Å². The SMILES string of the molecule is ClC(Cl)Cl.S=P12c3c4ccc(C#Cc5ccccc5)c3Oc3ccc(C#Cc5ccccc5)c(c31)Oc1ccc(C#Cc3ccccc3)c(c12)O4. The van der Waals surface area contributed by atoms with Crippen molar-refractivity contribution in [2.45, 2.75) is 4.30 Å². The van der Waals surface area contributed by atoms with Crippen LogP contribution in [0.2, 0.25) is 0 Å². The Morgan fingerprint density at radius 3 is 0.961 bits per heavy atom. The normalized spacial score (nSPS) is 12.6. The predicted octanol–water partition coefficient (Wildman–Crippen LogP) is 9.95. The molecule has 6 aromatic carbocycles. The number of hydrogen-bond donors (Lipinski definition) is 0. The summed E-state index contributed by atoms with van der Waals surface area (Å²) in [4.78, 5) is 0. The van der Waals surface area contributed by atoms with E-state index in [0.29, 0.717) is 34.5 Å². The molecular formula is C43H22Cl3O3PS. The molecule has 8 heteroatoms. The summed E-state index contributed by atoms with van der Waals surface area (Å²) in [6.07, 6.45) is 0. The Morgan fingerprint density at radius 2 is 0.686 bits per heavy atom. The average molecular weight is 756 g/mol. The third-order valence-electron chi connectivity index (χ3n) is 8.21. The van der Waals surface area contributed by atoms with E-state index < -0.39 is 10.3 Å². The molecule has 0 aliphatic carbocycles. The van der Waals surface area contributed by atoms with Crippen LogP contribution in [-0.4, -0.2) is 4.30 Å². The van der Waals surface area contributed by atoms with Crippen molar-refractivity contribution in [2.75, 3.05) is 0 Å². The number of rotatable bonds is 0. The first-order chi connectivity index (χ1) is 24.9. The number of halogens is 3. The highest BCUT2D eigenvalue weighted by molar-refractivity contribution is 8.26. The van der Waals surface area contributed by atoms with Crippen LogP contribution < -0.4 is 30.1 Å². The molecule has 51 heavy (non-hydrogen) atoms. The van der Waals surface area contributed by atoms with Crippen LogP contribution in [0.25, 0.3) is 0 Å². The van der Waals surface area contributed by atoms with Gasteiger partial charge in [0.2, 0.25) is 0 Å². The van der Waals surface area contributed by atoms with Crippen molar-refractivity contribution in [3.05, 3.63) is 161 Å². The van der Waals surface area contributed by atoms with E-state index in [-0.39, 0.29) is 0 Å². The Balaban J connectivity index is 0.000000890. The zero-order valence-electron chi connectivity index (χ0n) is 26.4. The Hall–Kier alpha value is -5.08. The topological polar surface area (TPSA) is 27.7 Å². The first-order valence-electron chi connectivity index (χ1n) is 15.7. The first kappa shape index (κ1) is 33.1. The Kier molecular flexibility index (Phi) is 9.03.